The Morgan fingerprint density at radius 3 is 1.08 bits per heavy atom. The summed E-state index contributed by atoms with van der Waals surface area (Å²) in [5.41, 5.74) is 12.8. The molecule has 0 amide bonds. The molecular formula is C88H73Cl4N17O8S2. The molecule has 5 aromatic carbocycles. The lowest BCUT2D eigenvalue weighted by atomic mass is 10.0. The number of halogens is 4. The Hall–Kier alpha value is -13.3. The van der Waals surface area contributed by atoms with Gasteiger partial charge in [0.25, 0.3) is 0 Å². The number of carbonyl (C=O) groups is 5. The van der Waals surface area contributed by atoms with E-state index < -0.39 is 0 Å². The number of anilines is 4. The Balaban J connectivity index is 0.000000146. The third kappa shape index (κ3) is 27.4. The molecular weight excluding hydrogens is 1630 g/mol. The van der Waals surface area contributed by atoms with Gasteiger partial charge in [-0.05, 0) is 167 Å². The number of nitrogens with zero attached hydrogens (tertiary/aromatic N) is 17. The van der Waals surface area contributed by atoms with Crippen molar-refractivity contribution in [3.8, 4) is 34.5 Å². The van der Waals surface area contributed by atoms with Gasteiger partial charge in [-0.25, -0.2) is 59.8 Å². The maximum absolute atomic E-state index is 12.6. The summed E-state index contributed by atoms with van der Waals surface area (Å²) < 4.78 is 17.0. The quantitative estimate of drug-likeness (QED) is 0.0480. The van der Waals surface area contributed by atoms with Crippen molar-refractivity contribution in [2.75, 3.05) is 23.9 Å². The number of hydrogen-bond acceptors (Lipinski definition) is 27. The van der Waals surface area contributed by atoms with E-state index in [0.29, 0.717) is 88.1 Å². The van der Waals surface area contributed by atoms with Crippen LogP contribution >= 0.6 is 69.1 Å². The highest BCUT2D eigenvalue weighted by atomic mass is 35.5. The number of thiazole rings is 2. The molecule has 0 spiro atoms. The van der Waals surface area contributed by atoms with Crippen LogP contribution in [0.25, 0.3) is 0 Å². The minimum absolute atomic E-state index is 0.00390. The minimum Gasteiger partial charge on any atom is -0.454 e. The standard InChI is InChI=1S/C19H17ClN4O.C19H17N3O2.C17H15ClN4OS.C17H12ClN3O2.C16H12ClN3O2S/c1-13-4-3-5-16(23-13)9-19(25)14-6-15(20)8-17(7-14)24(2)18-10-21-12-22-11-18;1-13-3-4-16(22-9-13)8-19(23)15-5-14(2)6-17(7-15)24-18-10-20-12-21-11-18;1-11-9-24-17(21-11)6-16(23)12-3-13(18)5-14(4-12)22(2)15-7-19-10-20-8-15;18-13-5-12(17(22)8-14-3-1-2-4-21-14)6-15(7-13)23-16-9-19-11-20-10-16;1-10-8-23-16(20-10)5-15(21)11-2-12(17)4-13(3-11)22-14-6-18-9-19-7-14/h3-8,10-12H,9H2,1-2H3;3-7,9-12H,8H2,1-2H3;3-5,7-10H,6H2,1-2H3;1-7,9-11H,8H2;2-4,6-9H,5H2,1H3. The van der Waals surface area contributed by atoms with Crippen LogP contribution in [-0.4, -0.2) is 118 Å². The molecule has 0 saturated carbocycles. The van der Waals surface area contributed by atoms with Gasteiger partial charge < -0.3 is 24.0 Å². The maximum Gasteiger partial charge on any atom is 0.169 e. The largest absolute Gasteiger partial charge is 0.454 e. The topological polar surface area (TPSA) is 313 Å². The molecule has 15 rings (SSSR count). The lowest BCUT2D eigenvalue weighted by Gasteiger charge is -2.19. The first-order valence-corrected chi connectivity index (χ1v) is 39.6. The molecule has 0 aliphatic rings. The second kappa shape index (κ2) is 43.1. The van der Waals surface area contributed by atoms with Crippen LogP contribution in [0.1, 0.15) is 107 Å². The van der Waals surface area contributed by atoms with Gasteiger partial charge in [-0.2, -0.15) is 0 Å². The number of Topliss-reactive ketones (excluding diaryl/α,β-unsaturated/α-hetero) is 5. The first-order chi connectivity index (χ1) is 57.4. The summed E-state index contributed by atoms with van der Waals surface area (Å²) >= 11 is 27.6. The normalized spacial score (nSPS) is 10.5. The average Bonchev–Trinajstić information content (AvgIpc) is 1.62. The van der Waals surface area contributed by atoms with Crippen LogP contribution in [0, 0.1) is 34.6 Å². The van der Waals surface area contributed by atoms with Crippen LogP contribution in [0.4, 0.5) is 22.7 Å². The van der Waals surface area contributed by atoms with Crippen molar-refractivity contribution in [3.05, 3.63) is 359 Å². The van der Waals surface area contributed by atoms with Crippen LogP contribution in [0.3, 0.4) is 0 Å². The summed E-state index contributed by atoms with van der Waals surface area (Å²) in [5, 5.41) is 7.31. The molecule has 0 unspecified atom stereocenters. The van der Waals surface area contributed by atoms with Gasteiger partial charge >= 0.3 is 0 Å². The highest BCUT2D eigenvalue weighted by Gasteiger charge is 2.19. The molecule has 25 nitrogen and oxygen atoms in total. The van der Waals surface area contributed by atoms with E-state index in [1.54, 1.807) is 128 Å². The van der Waals surface area contributed by atoms with Crippen molar-refractivity contribution in [2.45, 2.75) is 66.7 Å². The number of hydrogen-bond donors (Lipinski definition) is 0. The number of carbonyl (C=O) groups excluding carboxylic acids is 5. The first-order valence-electron chi connectivity index (χ1n) is 36.3. The lowest BCUT2D eigenvalue weighted by Crippen LogP contribution is -2.12. The highest BCUT2D eigenvalue weighted by Crippen LogP contribution is 2.33. The maximum atomic E-state index is 12.6. The van der Waals surface area contributed by atoms with Crippen LogP contribution in [0.2, 0.25) is 20.1 Å². The monoisotopic (exact) mass is 1700 g/mol. The molecule has 0 fully saturated rings. The second-order valence-electron chi connectivity index (χ2n) is 26.3. The van der Waals surface area contributed by atoms with Gasteiger partial charge in [0.15, 0.2) is 46.2 Å². The fraction of sp³-hybridized carbons (Fsp3) is 0.136. The fourth-order valence-electron chi connectivity index (χ4n) is 11.1. The summed E-state index contributed by atoms with van der Waals surface area (Å²) in [6.07, 6.45) is 27.9. The Bertz CT molecular complexity index is 5940. The zero-order chi connectivity index (χ0) is 84.2. The van der Waals surface area contributed by atoms with Crippen LogP contribution in [-0.2, 0) is 32.1 Å². The van der Waals surface area contributed by atoms with Gasteiger partial charge in [-0.3, -0.25) is 38.9 Å². The van der Waals surface area contributed by atoms with Crippen molar-refractivity contribution >= 4 is 121 Å². The number of pyridine rings is 3. The summed E-state index contributed by atoms with van der Waals surface area (Å²) in [7, 11) is 3.75. The molecule has 0 radical (unpaired) electrons. The SMILES string of the molecule is Cc1ccc(CC(=O)c2cc(C)cc(Oc3cncnc3)c2)nc1.Cc1cccc(CC(=O)c2cc(Cl)cc(N(C)c3cncnc3)c2)n1.Cc1csc(CC(=O)c2cc(Cl)cc(N(C)c3cncnc3)c2)n1.Cc1csc(CC(=O)c2cc(Cl)cc(Oc3cncnc3)c2)n1.O=C(Cc1ccccn1)c1cc(Cl)cc(Oc2cncnc2)c1. The van der Waals surface area contributed by atoms with E-state index in [1.807, 2.05) is 130 Å². The Morgan fingerprint density at radius 1 is 0.319 bits per heavy atom. The molecule has 598 valence electrons. The van der Waals surface area contributed by atoms with Crippen molar-refractivity contribution in [2.24, 2.45) is 0 Å². The highest BCUT2D eigenvalue weighted by molar-refractivity contribution is 7.10. The van der Waals surface area contributed by atoms with Crippen LogP contribution in [0.15, 0.2) is 256 Å². The van der Waals surface area contributed by atoms with E-state index in [9.17, 15) is 24.0 Å². The Kier molecular flexibility index (Phi) is 31.3. The zero-order valence-corrected chi connectivity index (χ0v) is 69.6. The van der Waals surface area contributed by atoms with Crippen molar-refractivity contribution < 1.29 is 38.2 Å². The van der Waals surface area contributed by atoms with Gasteiger partial charge in [-0.15, -0.1) is 22.7 Å². The van der Waals surface area contributed by atoms with E-state index in [1.165, 1.54) is 79.1 Å². The number of ketones is 5. The van der Waals surface area contributed by atoms with Crippen molar-refractivity contribution in [1.29, 1.82) is 0 Å². The Morgan fingerprint density at radius 2 is 0.689 bits per heavy atom. The molecule has 0 aliphatic carbocycles. The van der Waals surface area contributed by atoms with Gasteiger partial charge in [0.05, 0.1) is 105 Å². The van der Waals surface area contributed by atoms with E-state index in [0.717, 1.165) is 72.4 Å². The molecule has 0 aliphatic heterocycles. The molecule has 119 heavy (non-hydrogen) atoms. The van der Waals surface area contributed by atoms with Gasteiger partial charge in [0.2, 0.25) is 0 Å². The van der Waals surface area contributed by atoms with Gasteiger partial charge in [0, 0.05) is 131 Å². The van der Waals surface area contributed by atoms with E-state index in [4.69, 9.17) is 60.6 Å². The summed E-state index contributed by atoms with van der Waals surface area (Å²) in [6.45, 7) is 9.62. The summed E-state index contributed by atoms with van der Waals surface area (Å²) in [6, 6.07) is 40.8. The molecule has 15 aromatic rings. The van der Waals surface area contributed by atoms with Crippen LogP contribution < -0.4 is 24.0 Å². The predicted molar refractivity (Wildman–Crippen MR) is 460 cm³/mol. The summed E-state index contributed by atoms with van der Waals surface area (Å²) in [4.78, 5) is 127. The average molecular weight is 1700 g/mol. The lowest BCUT2D eigenvalue weighted by molar-refractivity contribution is 0.0983. The number of benzene rings is 5. The third-order valence-corrected chi connectivity index (χ3v) is 19.6. The first kappa shape index (κ1) is 86.6. The molecule has 0 N–H and O–H groups in total. The smallest absolute Gasteiger partial charge is 0.169 e. The van der Waals surface area contributed by atoms with Gasteiger partial charge in [-0.1, -0.05) is 64.6 Å². The molecule has 0 bridgehead atoms. The molecule has 10 heterocycles. The zero-order valence-electron chi connectivity index (χ0n) is 65.0. The number of aryl methyl sites for hydroxylation is 5. The molecule has 0 saturated heterocycles. The minimum atomic E-state index is -0.0830. The molecule has 0 atom stereocenters. The van der Waals surface area contributed by atoms with E-state index in [2.05, 4.69) is 74.8 Å². The second-order valence-corrected chi connectivity index (χ2v) is 29.9. The van der Waals surface area contributed by atoms with E-state index >= 15 is 0 Å². The number of rotatable bonds is 25. The molecule has 31 heteroatoms. The van der Waals surface area contributed by atoms with Crippen LogP contribution in [0.5, 0.6) is 34.5 Å². The Labute approximate surface area is 713 Å². The third-order valence-electron chi connectivity index (χ3n) is 16.8. The molecule has 10 aromatic heterocycles. The van der Waals surface area contributed by atoms with E-state index in [-0.39, 0.29) is 61.0 Å². The number of aromatic nitrogens is 15. The predicted octanol–water partition coefficient (Wildman–Crippen LogP) is 19.7. The number of ether oxygens (including phenoxy) is 3. The van der Waals surface area contributed by atoms with Crippen molar-refractivity contribution in [3.63, 3.8) is 0 Å². The summed E-state index contributed by atoms with van der Waals surface area (Å²) in [5.74, 6) is 2.81. The van der Waals surface area contributed by atoms with Crippen molar-refractivity contribution in [1.82, 2.24) is 74.8 Å². The fourth-order valence-corrected chi connectivity index (χ4v) is 13.5. The van der Waals surface area contributed by atoms with Gasteiger partial charge in [0.1, 0.15) is 58.9 Å².